The van der Waals surface area contributed by atoms with Gasteiger partial charge in [-0.1, -0.05) is 0 Å². The SMILES string of the molecule is Cc1cc2c(cc1F)[nH]c(=S)n2CCc1ccc(Br)s1. The molecule has 0 aliphatic heterocycles. The van der Waals surface area contributed by atoms with E-state index in [1.165, 1.54) is 10.9 Å². The third kappa shape index (κ3) is 2.60. The number of thiophene rings is 1. The van der Waals surface area contributed by atoms with Crippen LogP contribution in [0.1, 0.15) is 10.4 Å². The third-order valence-corrected chi connectivity index (χ3v) is 5.27. The Morgan fingerprint density at radius 2 is 2.20 bits per heavy atom. The summed E-state index contributed by atoms with van der Waals surface area (Å²) in [5.74, 6) is -0.205. The molecule has 0 atom stereocenters. The molecule has 20 heavy (non-hydrogen) atoms. The highest BCUT2D eigenvalue weighted by molar-refractivity contribution is 9.11. The van der Waals surface area contributed by atoms with Gasteiger partial charge in [-0.2, -0.15) is 0 Å². The number of nitrogens with zero attached hydrogens (tertiary/aromatic N) is 1. The van der Waals surface area contributed by atoms with E-state index in [0.29, 0.717) is 10.3 Å². The largest absolute Gasteiger partial charge is 0.330 e. The number of aromatic nitrogens is 2. The topological polar surface area (TPSA) is 20.7 Å². The van der Waals surface area contributed by atoms with Crippen molar-refractivity contribution in [2.24, 2.45) is 0 Å². The second-order valence-corrected chi connectivity index (χ2v) is 7.59. The van der Waals surface area contributed by atoms with Gasteiger partial charge in [0.25, 0.3) is 0 Å². The quantitative estimate of drug-likeness (QED) is 0.627. The van der Waals surface area contributed by atoms with Gasteiger partial charge in [0, 0.05) is 11.4 Å². The summed E-state index contributed by atoms with van der Waals surface area (Å²) in [5.41, 5.74) is 2.36. The van der Waals surface area contributed by atoms with Crippen molar-refractivity contribution in [3.63, 3.8) is 0 Å². The van der Waals surface area contributed by atoms with Crippen molar-refractivity contribution < 1.29 is 4.39 Å². The van der Waals surface area contributed by atoms with Crippen LogP contribution < -0.4 is 0 Å². The molecular formula is C14H12BrFN2S2. The number of fused-ring (bicyclic) bond motifs is 1. The zero-order valence-corrected chi connectivity index (χ0v) is 14.0. The van der Waals surface area contributed by atoms with E-state index in [1.54, 1.807) is 18.3 Å². The summed E-state index contributed by atoms with van der Waals surface area (Å²) in [5, 5.41) is 0. The summed E-state index contributed by atoms with van der Waals surface area (Å²) >= 11 is 10.5. The van der Waals surface area contributed by atoms with E-state index in [9.17, 15) is 4.39 Å². The molecule has 0 aliphatic rings. The lowest BCUT2D eigenvalue weighted by Crippen LogP contribution is -2.00. The van der Waals surface area contributed by atoms with Gasteiger partial charge in [-0.05, 0) is 71.3 Å². The Kier molecular flexibility index (Phi) is 3.79. The molecule has 0 radical (unpaired) electrons. The summed E-state index contributed by atoms with van der Waals surface area (Å²) in [6, 6.07) is 7.52. The van der Waals surface area contributed by atoms with E-state index in [1.807, 2.05) is 16.7 Å². The first-order chi connectivity index (χ1) is 9.54. The van der Waals surface area contributed by atoms with Gasteiger partial charge in [0.15, 0.2) is 4.77 Å². The first-order valence-corrected chi connectivity index (χ1v) is 8.19. The fourth-order valence-corrected chi connectivity index (χ4v) is 3.98. The van der Waals surface area contributed by atoms with E-state index in [4.69, 9.17) is 12.2 Å². The normalized spacial score (nSPS) is 11.3. The molecule has 0 fully saturated rings. The number of hydrogen-bond donors (Lipinski definition) is 1. The molecule has 6 heteroatoms. The number of nitrogens with one attached hydrogen (secondary N) is 1. The Morgan fingerprint density at radius 1 is 1.40 bits per heavy atom. The van der Waals surface area contributed by atoms with E-state index in [-0.39, 0.29) is 5.82 Å². The predicted octanol–water partition coefficient (Wildman–Crippen LogP) is 5.21. The minimum Gasteiger partial charge on any atom is -0.330 e. The highest BCUT2D eigenvalue weighted by Gasteiger charge is 2.08. The van der Waals surface area contributed by atoms with E-state index < -0.39 is 0 Å². The fraction of sp³-hybridized carbons (Fsp3) is 0.214. The number of imidazole rings is 1. The summed E-state index contributed by atoms with van der Waals surface area (Å²) in [7, 11) is 0. The van der Waals surface area contributed by atoms with Crippen LogP contribution in [0.3, 0.4) is 0 Å². The van der Waals surface area contributed by atoms with Crippen LogP contribution in [0, 0.1) is 17.5 Å². The monoisotopic (exact) mass is 370 g/mol. The van der Waals surface area contributed by atoms with Crippen molar-refractivity contribution in [1.82, 2.24) is 9.55 Å². The average Bonchev–Trinajstić information content (AvgIpc) is 2.92. The van der Waals surface area contributed by atoms with Gasteiger partial charge in [0.05, 0.1) is 14.8 Å². The molecule has 0 amide bonds. The highest BCUT2D eigenvalue weighted by atomic mass is 79.9. The number of halogens is 2. The Bertz CT molecular complexity index is 831. The van der Waals surface area contributed by atoms with Crippen LogP contribution >= 0.6 is 39.5 Å². The number of rotatable bonds is 3. The first kappa shape index (κ1) is 14.0. The lowest BCUT2D eigenvalue weighted by Gasteiger charge is -2.04. The van der Waals surface area contributed by atoms with Crippen molar-refractivity contribution in [3.05, 3.63) is 49.1 Å². The Morgan fingerprint density at radius 3 is 2.90 bits per heavy atom. The van der Waals surface area contributed by atoms with Gasteiger partial charge in [0.1, 0.15) is 5.82 Å². The molecule has 1 N–H and O–H groups in total. The maximum Gasteiger partial charge on any atom is 0.178 e. The van der Waals surface area contributed by atoms with Gasteiger partial charge in [-0.3, -0.25) is 0 Å². The van der Waals surface area contributed by atoms with Crippen molar-refractivity contribution in [3.8, 4) is 0 Å². The zero-order chi connectivity index (χ0) is 14.3. The Labute approximate surface area is 133 Å². The van der Waals surface area contributed by atoms with E-state index in [2.05, 4.69) is 27.0 Å². The maximum atomic E-state index is 13.6. The van der Waals surface area contributed by atoms with Gasteiger partial charge < -0.3 is 9.55 Å². The highest BCUT2D eigenvalue weighted by Crippen LogP contribution is 2.24. The second kappa shape index (κ2) is 5.42. The molecule has 0 aliphatic carbocycles. The fourth-order valence-electron chi connectivity index (χ4n) is 2.21. The minimum absolute atomic E-state index is 0.205. The molecule has 2 aromatic heterocycles. The summed E-state index contributed by atoms with van der Waals surface area (Å²) in [4.78, 5) is 4.37. The molecule has 0 bridgehead atoms. The zero-order valence-electron chi connectivity index (χ0n) is 10.7. The van der Waals surface area contributed by atoms with Crippen LogP contribution in [0.2, 0.25) is 0 Å². The number of H-pyrrole nitrogens is 1. The van der Waals surface area contributed by atoms with Crippen molar-refractivity contribution >= 4 is 50.5 Å². The number of hydrogen-bond acceptors (Lipinski definition) is 2. The van der Waals surface area contributed by atoms with E-state index >= 15 is 0 Å². The van der Waals surface area contributed by atoms with Crippen LogP contribution in [-0.4, -0.2) is 9.55 Å². The second-order valence-electron chi connectivity index (χ2n) is 4.66. The van der Waals surface area contributed by atoms with Gasteiger partial charge in [-0.25, -0.2) is 4.39 Å². The van der Waals surface area contributed by atoms with Crippen LogP contribution in [0.5, 0.6) is 0 Å². The van der Waals surface area contributed by atoms with Crippen molar-refractivity contribution in [1.29, 1.82) is 0 Å². The van der Waals surface area contributed by atoms with Crippen LogP contribution in [0.15, 0.2) is 28.1 Å². The smallest absolute Gasteiger partial charge is 0.178 e. The average molecular weight is 371 g/mol. The van der Waals surface area contributed by atoms with Crippen molar-refractivity contribution in [2.45, 2.75) is 19.9 Å². The molecule has 0 unspecified atom stereocenters. The minimum atomic E-state index is -0.205. The molecule has 0 spiro atoms. The number of benzene rings is 1. The van der Waals surface area contributed by atoms with Crippen LogP contribution in [0.25, 0.3) is 11.0 Å². The predicted molar refractivity (Wildman–Crippen MR) is 87.5 cm³/mol. The first-order valence-electron chi connectivity index (χ1n) is 6.17. The Hall–Kier alpha value is -0.980. The summed E-state index contributed by atoms with van der Waals surface area (Å²) in [6.45, 7) is 2.56. The van der Waals surface area contributed by atoms with Crippen molar-refractivity contribution in [2.75, 3.05) is 0 Å². The van der Waals surface area contributed by atoms with Crippen LogP contribution in [0.4, 0.5) is 4.39 Å². The standard InChI is InChI=1S/C14H12BrFN2S2/c1-8-6-12-11(7-10(8)16)17-14(19)18(12)5-4-9-2-3-13(15)20-9/h2-3,6-7H,4-5H2,1H3,(H,17,19). The van der Waals surface area contributed by atoms with E-state index in [0.717, 1.165) is 27.8 Å². The lowest BCUT2D eigenvalue weighted by molar-refractivity contribution is 0.620. The Balaban J connectivity index is 1.96. The lowest BCUT2D eigenvalue weighted by atomic mass is 10.2. The number of aromatic amines is 1. The molecule has 2 nitrogen and oxygen atoms in total. The molecule has 1 aromatic carbocycles. The number of aryl methyl sites for hydroxylation is 3. The molecule has 3 rings (SSSR count). The molecule has 2 heterocycles. The molecule has 3 aromatic rings. The maximum absolute atomic E-state index is 13.6. The third-order valence-electron chi connectivity index (χ3n) is 3.27. The van der Waals surface area contributed by atoms with Gasteiger partial charge >= 0.3 is 0 Å². The van der Waals surface area contributed by atoms with Gasteiger partial charge in [0.2, 0.25) is 0 Å². The van der Waals surface area contributed by atoms with Crippen LogP contribution in [-0.2, 0) is 13.0 Å². The molecule has 0 saturated carbocycles. The van der Waals surface area contributed by atoms with Gasteiger partial charge in [-0.15, -0.1) is 11.3 Å². The summed E-state index contributed by atoms with van der Waals surface area (Å²) in [6.07, 6.45) is 0.911. The molecule has 0 saturated heterocycles. The molecule has 104 valence electrons. The molecular weight excluding hydrogens is 359 g/mol. The summed E-state index contributed by atoms with van der Waals surface area (Å²) < 4.78 is 17.4.